The van der Waals surface area contributed by atoms with Gasteiger partial charge in [-0.3, -0.25) is 4.79 Å². The molecule has 1 aromatic heterocycles. The number of aryl methyl sites for hydroxylation is 1. The molecule has 0 saturated carbocycles. The molecule has 0 aliphatic heterocycles. The molecule has 4 aromatic rings. The first-order valence-corrected chi connectivity index (χ1v) is 10.7. The minimum atomic E-state index is -0.330. The van der Waals surface area contributed by atoms with Gasteiger partial charge in [-0.25, -0.2) is 4.68 Å². The third kappa shape index (κ3) is 5.00. The monoisotopic (exact) mass is 412 g/mol. The van der Waals surface area contributed by atoms with Crippen molar-refractivity contribution in [1.82, 2.24) is 20.3 Å². The highest BCUT2D eigenvalue weighted by molar-refractivity contribution is 5.77. The van der Waals surface area contributed by atoms with E-state index < -0.39 is 0 Å². The van der Waals surface area contributed by atoms with Crippen LogP contribution in [-0.4, -0.2) is 20.9 Å². The number of fused-ring (bicyclic) bond motifs is 1. The maximum atomic E-state index is 13.0. The number of hydrogen-bond donors (Lipinski definition) is 1. The van der Waals surface area contributed by atoms with Gasteiger partial charge in [-0.1, -0.05) is 91.9 Å². The fourth-order valence-corrected chi connectivity index (χ4v) is 4.01. The lowest BCUT2D eigenvalue weighted by molar-refractivity contribution is -0.123. The van der Waals surface area contributed by atoms with Crippen LogP contribution in [0.2, 0.25) is 0 Å². The Labute approximate surface area is 183 Å². The molecule has 1 heterocycles. The van der Waals surface area contributed by atoms with Gasteiger partial charge in [-0.15, -0.1) is 5.10 Å². The summed E-state index contributed by atoms with van der Waals surface area (Å²) in [6.07, 6.45) is 1.60. The lowest BCUT2D eigenvalue weighted by atomic mass is 9.82. The summed E-state index contributed by atoms with van der Waals surface area (Å²) in [5, 5.41) is 12.0. The Balaban J connectivity index is 1.60. The Morgan fingerprint density at radius 3 is 2.23 bits per heavy atom. The number of nitrogens with zero attached hydrogens (tertiary/aromatic N) is 3. The van der Waals surface area contributed by atoms with Crippen molar-refractivity contribution in [2.45, 2.75) is 39.3 Å². The number of hydrogen-bond acceptors (Lipinski definition) is 3. The van der Waals surface area contributed by atoms with E-state index in [4.69, 9.17) is 0 Å². The molecule has 5 heteroatoms. The number of benzene rings is 3. The largest absolute Gasteiger partial charge is 0.334 e. The van der Waals surface area contributed by atoms with Crippen LogP contribution in [0.25, 0.3) is 11.0 Å². The van der Waals surface area contributed by atoms with E-state index in [1.54, 1.807) is 0 Å². The van der Waals surface area contributed by atoms with Gasteiger partial charge in [-0.05, 0) is 36.1 Å². The molecule has 158 valence electrons. The van der Waals surface area contributed by atoms with Crippen LogP contribution in [0.5, 0.6) is 0 Å². The number of carbonyl (C=O) groups is 1. The lowest BCUT2D eigenvalue weighted by Crippen LogP contribution is -2.43. The van der Waals surface area contributed by atoms with Gasteiger partial charge in [0, 0.05) is 11.8 Å². The summed E-state index contributed by atoms with van der Waals surface area (Å²) in [7, 11) is 0. The fourth-order valence-electron chi connectivity index (χ4n) is 4.01. The van der Waals surface area contributed by atoms with Crippen LogP contribution < -0.4 is 5.32 Å². The molecule has 3 aromatic carbocycles. The topological polar surface area (TPSA) is 59.8 Å². The maximum absolute atomic E-state index is 13.0. The van der Waals surface area contributed by atoms with E-state index in [0.29, 0.717) is 12.8 Å². The van der Waals surface area contributed by atoms with Crippen LogP contribution >= 0.6 is 0 Å². The van der Waals surface area contributed by atoms with Gasteiger partial charge in [0.15, 0.2) is 0 Å². The molecule has 5 nitrogen and oxygen atoms in total. The Morgan fingerprint density at radius 2 is 1.52 bits per heavy atom. The predicted molar refractivity (Wildman–Crippen MR) is 123 cm³/mol. The van der Waals surface area contributed by atoms with E-state index in [1.165, 1.54) is 5.56 Å². The smallest absolute Gasteiger partial charge is 0.221 e. The minimum absolute atomic E-state index is 0.00886. The first-order chi connectivity index (χ1) is 15.0. The van der Waals surface area contributed by atoms with Gasteiger partial charge < -0.3 is 5.32 Å². The predicted octanol–water partition coefficient (Wildman–Crippen LogP) is 4.95. The van der Waals surface area contributed by atoms with E-state index >= 15 is 0 Å². The zero-order valence-electron chi connectivity index (χ0n) is 18.0. The molecule has 1 atom stereocenters. The zero-order chi connectivity index (χ0) is 21.7. The third-order valence-corrected chi connectivity index (χ3v) is 5.65. The SMILES string of the molecule is CC(C)(Cc1ccccc1)C(NC(=O)CCc1ccccc1)n1nnc2ccccc21. The molecule has 0 bridgehead atoms. The summed E-state index contributed by atoms with van der Waals surface area (Å²) in [6.45, 7) is 4.33. The first kappa shape index (κ1) is 20.8. The second-order valence-corrected chi connectivity index (χ2v) is 8.63. The number of nitrogens with one attached hydrogen (secondary N) is 1. The molecule has 0 radical (unpaired) electrons. The molecule has 31 heavy (non-hydrogen) atoms. The normalized spacial score (nSPS) is 12.6. The highest BCUT2D eigenvalue weighted by atomic mass is 16.1. The van der Waals surface area contributed by atoms with Crippen molar-refractivity contribution in [3.05, 3.63) is 96.1 Å². The van der Waals surface area contributed by atoms with Crippen molar-refractivity contribution in [3.8, 4) is 0 Å². The highest BCUT2D eigenvalue weighted by Crippen LogP contribution is 2.34. The van der Waals surface area contributed by atoms with Crippen LogP contribution in [0, 0.1) is 5.41 Å². The second-order valence-electron chi connectivity index (χ2n) is 8.63. The molecule has 1 N–H and O–H groups in total. The number of para-hydroxylation sites is 1. The summed E-state index contributed by atoms with van der Waals surface area (Å²) in [4.78, 5) is 13.0. The highest BCUT2D eigenvalue weighted by Gasteiger charge is 2.34. The Kier molecular flexibility index (Phi) is 6.12. The average Bonchev–Trinajstić information content (AvgIpc) is 3.21. The molecule has 4 rings (SSSR count). The molecule has 1 amide bonds. The molecule has 0 fully saturated rings. The van der Waals surface area contributed by atoms with Crippen molar-refractivity contribution in [1.29, 1.82) is 0 Å². The Hall–Kier alpha value is -3.47. The van der Waals surface area contributed by atoms with Crippen molar-refractivity contribution in [2.75, 3.05) is 0 Å². The summed E-state index contributed by atoms with van der Waals surface area (Å²) >= 11 is 0. The van der Waals surface area contributed by atoms with Crippen LogP contribution in [0.1, 0.15) is 37.6 Å². The Bertz CT molecular complexity index is 1140. The summed E-state index contributed by atoms with van der Waals surface area (Å²) in [5.74, 6) is 0.00886. The van der Waals surface area contributed by atoms with Gasteiger partial charge in [0.25, 0.3) is 0 Å². The average molecular weight is 413 g/mol. The van der Waals surface area contributed by atoms with Crippen molar-refractivity contribution in [3.63, 3.8) is 0 Å². The molecular formula is C26H28N4O. The standard InChI is InChI=1S/C26H28N4O/c1-26(2,19-21-13-7-4-8-14-21)25(30-23-16-10-9-15-22(23)28-29-30)27-24(31)18-17-20-11-5-3-6-12-20/h3-16,25H,17-19H2,1-2H3,(H,27,31). The number of amides is 1. The summed E-state index contributed by atoms with van der Waals surface area (Å²) < 4.78 is 1.86. The zero-order valence-corrected chi connectivity index (χ0v) is 18.0. The van der Waals surface area contributed by atoms with E-state index in [2.05, 4.69) is 53.7 Å². The van der Waals surface area contributed by atoms with Gasteiger partial charge >= 0.3 is 0 Å². The lowest BCUT2D eigenvalue weighted by Gasteiger charge is -2.35. The van der Waals surface area contributed by atoms with E-state index in [-0.39, 0.29) is 17.5 Å². The minimum Gasteiger partial charge on any atom is -0.334 e. The molecule has 0 saturated heterocycles. The van der Waals surface area contributed by atoms with Crippen molar-refractivity contribution < 1.29 is 4.79 Å². The van der Waals surface area contributed by atoms with Crippen LogP contribution in [-0.2, 0) is 17.6 Å². The van der Waals surface area contributed by atoms with Crippen LogP contribution in [0.15, 0.2) is 84.9 Å². The van der Waals surface area contributed by atoms with Gasteiger partial charge in [0.05, 0.1) is 5.52 Å². The first-order valence-electron chi connectivity index (χ1n) is 10.7. The molecule has 0 spiro atoms. The molecule has 1 unspecified atom stereocenters. The van der Waals surface area contributed by atoms with Crippen LogP contribution in [0.4, 0.5) is 0 Å². The third-order valence-electron chi connectivity index (χ3n) is 5.65. The van der Waals surface area contributed by atoms with E-state index in [1.807, 2.05) is 65.3 Å². The van der Waals surface area contributed by atoms with Crippen molar-refractivity contribution in [2.24, 2.45) is 5.41 Å². The molecule has 0 aliphatic rings. The quantitative estimate of drug-likeness (QED) is 0.446. The number of rotatable bonds is 8. The van der Waals surface area contributed by atoms with Gasteiger partial charge in [0.2, 0.25) is 5.91 Å². The fraction of sp³-hybridized carbons (Fsp3) is 0.269. The van der Waals surface area contributed by atoms with E-state index in [9.17, 15) is 4.79 Å². The number of carbonyl (C=O) groups excluding carboxylic acids is 1. The van der Waals surface area contributed by atoms with Crippen LogP contribution in [0.3, 0.4) is 0 Å². The van der Waals surface area contributed by atoms with Gasteiger partial charge in [0.1, 0.15) is 11.7 Å². The molecule has 0 aliphatic carbocycles. The van der Waals surface area contributed by atoms with Crippen molar-refractivity contribution >= 4 is 16.9 Å². The summed E-state index contributed by atoms with van der Waals surface area (Å²) in [5.41, 5.74) is 3.82. The number of aromatic nitrogens is 3. The van der Waals surface area contributed by atoms with E-state index in [0.717, 1.165) is 23.0 Å². The maximum Gasteiger partial charge on any atom is 0.221 e. The Morgan fingerprint density at radius 1 is 0.903 bits per heavy atom. The second kappa shape index (κ2) is 9.13. The summed E-state index contributed by atoms with van der Waals surface area (Å²) in [6, 6.07) is 28.3. The molecular weight excluding hydrogens is 384 g/mol. The van der Waals surface area contributed by atoms with Gasteiger partial charge in [-0.2, -0.15) is 0 Å².